The third kappa shape index (κ3) is 4.63. The van der Waals surface area contributed by atoms with E-state index in [4.69, 9.17) is 21.7 Å². The van der Waals surface area contributed by atoms with Crippen LogP contribution in [0, 0.1) is 11.6 Å². The predicted octanol–water partition coefficient (Wildman–Crippen LogP) is 3.30. The van der Waals surface area contributed by atoms with Gasteiger partial charge in [-0.1, -0.05) is 0 Å². The van der Waals surface area contributed by atoms with Crippen molar-refractivity contribution in [3.63, 3.8) is 0 Å². The molecular weight excluding hydrogens is 336 g/mol. The van der Waals surface area contributed by atoms with Gasteiger partial charge in [0.2, 0.25) is 0 Å². The summed E-state index contributed by atoms with van der Waals surface area (Å²) in [6.07, 6.45) is 1.21. The van der Waals surface area contributed by atoms with Crippen LogP contribution in [-0.2, 0) is 0 Å². The van der Waals surface area contributed by atoms with Crippen LogP contribution in [0.3, 0.4) is 0 Å². The van der Waals surface area contributed by atoms with E-state index >= 15 is 0 Å². The zero-order valence-corrected chi connectivity index (χ0v) is 13.8. The fourth-order valence-electron chi connectivity index (χ4n) is 1.84. The Labute approximate surface area is 143 Å². The van der Waals surface area contributed by atoms with Crippen molar-refractivity contribution in [2.75, 3.05) is 19.5 Å². The number of methoxy groups -OCH3 is 2. The van der Waals surface area contributed by atoms with Crippen LogP contribution in [0.2, 0.25) is 0 Å². The predicted molar refractivity (Wildman–Crippen MR) is 92.9 cm³/mol. The molecule has 0 aliphatic carbocycles. The molecule has 2 rings (SSSR count). The molecular formula is C16H15F2N3O2S. The zero-order valence-electron chi connectivity index (χ0n) is 13.0. The number of ether oxygens (including phenoxy) is 2. The van der Waals surface area contributed by atoms with Crippen molar-refractivity contribution < 1.29 is 18.3 Å². The van der Waals surface area contributed by atoms with Crippen LogP contribution >= 0.6 is 12.2 Å². The van der Waals surface area contributed by atoms with Gasteiger partial charge in [-0.05, 0) is 36.5 Å². The minimum absolute atomic E-state index is 0.137. The molecule has 2 N–H and O–H groups in total. The van der Waals surface area contributed by atoms with Crippen LogP contribution in [-0.4, -0.2) is 25.5 Å². The Hall–Kier alpha value is -2.74. The molecule has 8 heteroatoms. The van der Waals surface area contributed by atoms with Crippen molar-refractivity contribution in [2.24, 2.45) is 5.10 Å². The molecule has 0 bridgehead atoms. The number of rotatable bonds is 5. The fraction of sp³-hybridized carbons (Fsp3) is 0.125. The van der Waals surface area contributed by atoms with E-state index in [9.17, 15) is 8.78 Å². The lowest BCUT2D eigenvalue weighted by Gasteiger charge is -2.11. The van der Waals surface area contributed by atoms with E-state index in [1.165, 1.54) is 19.4 Å². The molecule has 0 unspecified atom stereocenters. The molecule has 2 aromatic rings. The molecule has 0 saturated carbocycles. The van der Waals surface area contributed by atoms with Crippen LogP contribution in [0.25, 0.3) is 0 Å². The van der Waals surface area contributed by atoms with Crippen LogP contribution in [0.1, 0.15) is 5.56 Å². The second-order valence-electron chi connectivity index (χ2n) is 4.56. The maximum atomic E-state index is 13.4. The summed E-state index contributed by atoms with van der Waals surface area (Å²) in [7, 11) is 3.07. The van der Waals surface area contributed by atoms with Gasteiger partial charge in [0.1, 0.15) is 11.6 Å². The van der Waals surface area contributed by atoms with Crippen LogP contribution < -0.4 is 20.2 Å². The first-order valence-corrected chi connectivity index (χ1v) is 7.21. The standard InChI is InChI=1S/C16H15F2N3O2S/c1-22-14-6-5-12(8-15(14)23-2)20-16(24)21-19-9-10-3-4-11(17)7-13(10)18/h3-9H,1-2H3,(H2,20,21,24). The molecule has 24 heavy (non-hydrogen) atoms. The number of thiocarbonyl (C=S) groups is 1. The molecule has 0 amide bonds. The first-order valence-electron chi connectivity index (χ1n) is 6.80. The second kappa shape index (κ2) is 8.21. The van der Waals surface area contributed by atoms with Gasteiger partial charge < -0.3 is 14.8 Å². The largest absolute Gasteiger partial charge is 0.493 e. The van der Waals surface area contributed by atoms with Gasteiger partial charge in [0.05, 0.1) is 20.4 Å². The summed E-state index contributed by atoms with van der Waals surface area (Å²) in [5.41, 5.74) is 3.34. The van der Waals surface area contributed by atoms with E-state index in [-0.39, 0.29) is 10.7 Å². The lowest BCUT2D eigenvalue weighted by Crippen LogP contribution is -2.23. The Morgan fingerprint density at radius 1 is 1.08 bits per heavy atom. The highest BCUT2D eigenvalue weighted by atomic mass is 32.1. The summed E-state index contributed by atoms with van der Waals surface area (Å²) in [4.78, 5) is 0. The molecule has 2 aromatic carbocycles. The van der Waals surface area contributed by atoms with Gasteiger partial charge in [0.25, 0.3) is 0 Å². The SMILES string of the molecule is COc1ccc(NC(=S)NN=Cc2ccc(F)cc2F)cc1OC. The first-order chi connectivity index (χ1) is 11.5. The number of nitrogens with zero attached hydrogens (tertiary/aromatic N) is 1. The molecule has 0 spiro atoms. The van der Waals surface area contributed by atoms with E-state index in [2.05, 4.69) is 15.8 Å². The van der Waals surface area contributed by atoms with Crippen molar-refractivity contribution in [3.05, 3.63) is 53.6 Å². The van der Waals surface area contributed by atoms with Gasteiger partial charge in [0.15, 0.2) is 16.6 Å². The van der Waals surface area contributed by atoms with Crippen molar-refractivity contribution in [3.8, 4) is 11.5 Å². The molecule has 0 fully saturated rings. The molecule has 0 heterocycles. The number of anilines is 1. The van der Waals surface area contributed by atoms with Crippen LogP contribution in [0.5, 0.6) is 11.5 Å². The topological polar surface area (TPSA) is 54.9 Å². The summed E-state index contributed by atoms with van der Waals surface area (Å²) < 4.78 is 36.6. The second-order valence-corrected chi connectivity index (χ2v) is 4.97. The smallest absolute Gasteiger partial charge is 0.191 e. The summed E-state index contributed by atoms with van der Waals surface area (Å²) in [6.45, 7) is 0. The molecule has 5 nitrogen and oxygen atoms in total. The zero-order chi connectivity index (χ0) is 17.5. The summed E-state index contributed by atoms with van der Waals surface area (Å²) >= 11 is 5.08. The summed E-state index contributed by atoms with van der Waals surface area (Å²) in [5.74, 6) is -0.225. The average Bonchev–Trinajstić information content (AvgIpc) is 2.56. The van der Waals surface area contributed by atoms with E-state index in [1.54, 1.807) is 25.3 Å². The lowest BCUT2D eigenvalue weighted by molar-refractivity contribution is 0.355. The fourth-order valence-corrected chi connectivity index (χ4v) is 2.01. The van der Waals surface area contributed by atoms with Gasteiger partial charge in [-0.15, -0.1) is 0 Å². The summed E-state index contributed by atoms with van der Waals surface area (Å²) in [5, 5.41) is 6.90. The van der Waals surface area contributed by atoms with Crippen LogP contribution in [0.4, 0.5) is 14.5 Å². The average molecular weight is 351 g/mol. The Morgan fingerprint density at radius 2 is 1.83 bits per heavy atom. The highest BCUT2D eigenvalue weighted by Gasteiger charge is 2.05. The van der Waals surface area contributed by atoms with Crippen molar-refractivity contribution in [1.29, 1.82) is 0 Å². The number of hydrazone groups is 1. The number of benzene rings is 2. The van der Waals surface area contributed by atoms with E-state index < -0.39 is 11.6 Å². The van der Waals surface area contributed by atoms with Crippen molar-refractivity contribution in [1.82, 2.24) is 5.43 Å². The minimum Gasteiger partial charge on any atom is -0.493 e. The molecule has 126 valence electrons. The van der Waals surface area contributed by atoms with Crippen molar-refractivity contribution in [2.45, 2.75) is 0 Å². The number of halogens is 2. The van der Waals surface area contributed by atoms with E-state index in [1.807, 2.05) is 0 Å². The van der Waals surface area contributed by atoms with E-state index in [0.29, 0.717) is 17.2 Å². The third-order valence-electron chi connectivity index (χ3n) is 2.97. The Balaban J connectivity index is 1.97. The van der Waals surface area contributed by atoms with Gasteiger partial charge in [-0.3, -0.25) is 5.43 Å². The number of nitrogens with one attached hydrogen (secondary N) is 2. The molecule has 0 saturated heterocycles. The van der Waals surface area contributed by atoms with Crippen molar-refractivity contribution >= 4 is 29.2 Å². The Bertz CT molecular complexity index is 769. The third-order valence-corrected chi connectivity index (χ3v) is 3.17. The monoisotopic (exact) mass is 351 g/mol. The normalized spacial score (nSPS) is 10.5. The molecule has 0 aromatic heterocycles. The highest BCUT2D eigenvalue weighted by Crippen LogP contribution is 2.29. The van der Waals surface area contributed by atoms with Crippen LogP contribution in [0.15, 0.2) is 41.5 Å². The van der Waals surface area contributed by atoms with Gasteiger partial charge in [0, 0.05) is 23.4 Å². The number of hydrogen-bond acceptors (Lipinski definition) is 4. The Kier molecular flexibility index (Phi) is 6.02. The maximum absolute atomic E-state index is 13.4. The lowest BCUT2D eigenvalue weighted by atomic mass is 10.2. The number of hydrogen-bond donors (Lipinski definition) is 2. The van der Waals surface area contributed by atoms with Gasteiger partial charge in [-0.2, -0.15) is 5.10 Å². The highest BCUT2D eigenvalue weighted by molar-refractivity contribution is 7.80. The molecule has 0 radical (unpaired) electrons. The van der Waals surface area contributed by atoms with Gasteiger partial charge >= 0.3 is 0 Å². The van der Waals surface area contributed by atoms with Gasteiger partial charge in [-0.25, -0.2) is 8.78 Å². The summed E-state index contributed by atoms with van der Waals surface area (Å²) in [6, 6.07) is 8.38. The minimum atomic E-state index is -0.709. The quantitative estimate of drug-likeness (QED) is 0.492. The molecule has 0 aliphatic rings. The van der Waals surface area contributed by atoms with E-state index in [0.717, 1.165) is 12.1 Å². The Morgan fingerprint density at radius 3 is 2.50 bits per heavy atom. The molecule has 0 aliphatic heterocycles. The maximum Gasteiger partial charge on any atom is 0.191 e. The first kappa shape index (κ1) is 17.6. The molecule has 0 atom stereocenters.